The number of nitrogens with zero attached hydrogens (tertiary/aromatic N) is 1. The Hall–Kier alpha value is -3.06. The van der Waals surface area contributed by atoms with Crippen LogP contribution in [0.2, 0.25) is 5.02 Å². The predicted octanol–water partition coefficient (Wildman–Crippen LogP) is 2.51. The highest BCUT2D eigenvalue weighted by atomic mass is 35.5. The number of hydrazone groups is 1. The molecular formula is C18H16ClN3O4. The molecule has 26 heavy (non-hydrogen) atoms. The van der Waals surface area contributed by atoms with Gasteiger partial charge in [-0.2, -0.15) is 5.10 Å². The van der Waals surface area contributed by atoms with Gasteiger partial charge in [0.15, 0.2) is 11.5 Å². The lowest BCUT2D eigenvalue weighted by Crippen LogP contribution is -2.32. The van der Waals surface area contributed by atoms with Crippen molar-refractivity contribution in [1.82, 2.24) is 5.43 Å². The van der Waals surface area contributed by atoms with Crippen molar-refractivity contribution in [3.05, 3.63) is 52.5 Å². The third-order valence-corrected chi connectivity index (χ3v) is 3.82. The minimum atomic E-state index is -0.881. The van der Waals surface area contributed by atoms with E-state index in [9.17, 15) is 9.59 Å². The molecule has 0 radical (unpaired) electrons. The highest BCUT2D eigenvalue weighted by Crippen LogP contribution is 2.30. The largest absolute Gasteiger partial charge is 0.486 e. The first-order valence-corrected chi connectivity index (χ1v) is 8.21. The van der Waals surface area contributed by atoms with Gasteiger partial charge >= 0.3 is 11.8 Å². The number of nitrogens with one attached hydrogen (secondary N) is 2. The summed E-state index contributed by atoms with van der Waals surface area (Å²) in [5, 5.41) is 6.84. The summed E-state index contributed by atoms with van der Waals surface area (Å²) >= 11 is 5.86. The Kier molecular flexibility index (Phi) is 5.38. The van der Waals surface area contributed by atoms with Crippen LogP contribution in [0.1, 0.15) is 11.1 Å². The number of ether oxygens (including phenoxy) is 2. The molecule has 2 N–H and O–H groups in total. The molecule has 2 aromatic rings. The maximum Gasteiger partial charge on any atom is 0.329 e. The van der Waals surface area contributed by atoms with Crippen molar-refractivity contribution in [2.45, 2.75) is 6.92 Å². The maximum absolute atomic E-state index is 11.9. The lowest BCUT2D eigenvalue weighted by atomic mass is 10.2. The standard InChI is InChI=1S/C18H16ClN3O4/c1-11-8-13(19)3-4-14(11)21-17(23)18(24)22-20-10-12-2-5-15-16(9-12)26-7-6-25-15/h2-5,8-10H,6-7H2,1H3,(H,21,23)(H,22,24)/b20-10-. The molecule has 2 amide bonds. The molecule has 0 spiro atoms. The Morgan fingerprint density at radius 3 is 2.62 bits per heavy atom. The highest BCUT2D eigenvalue weighted by Gasteiger charge is 2.14. The van der Waals surface area contributed by atoms with Crippen molar-refractivity contribution >= 4 is 35.3 Å². The maximum atomic E-state index is 11.9. The number of fused-ring (bicyclic) bond motifs is 1. The summed E-state index contributed by atoms with van der Waals surface area (Å²) in [6.07, 6.45) is 1.41. The van der Waals surface area contributed by atoms with Gasteiger partial charge in [0.25, 0.3) is 0 Å². The van der Waals surface area contributed by atoms with Crippen molar-refractivity contribution in [2.24, 2.45) is 5.10 Å². The van der Waals surface area contributed by atoms with E-state index < -0.39 is 11.8 Å². The van der Waals surface area contributed by atoms with Crippen LogP contribution in [0, 0.1) is 6.92 Å². The number of hydrogen-bond donors (Lipinski definition) is 2. The molecule has 0 unspecified atom stereocenters. The smallest absolute Gasteiger partial charge is 0.329 e. The molecule has 0 fully saturated rings. The van der Waals surface area contributed by atoms with Crippen molar-refractivity contribution < 1.29 is 19.1 Å². The van der Waals surface area contributed by atoms with Gasteiger partial charge in [0.05, 0.1) is 6.21 Å². The first-order valence-electron chi connectivity index (χ1n) is 7.83. The highest BCUT2D eigenvalue weighted by molar-refractivity contribution is 6.39. The van der Waals surface area contributed by atoms with Gasteiger partial charge < -0.3 is 14.8 Å². The van der Waals surface area contributed by atoms with Crippen LogP contribution in [0.15, 0.2) is 41.5 Å². The average molecular weight is 374 g/mol. The Labute approximate surface area is 154 Å². The first-order chi connectivity index (χ1) is 12.5. The molecule has 0 saturated carbocycles. The Balaban J connectivity index is 1.57. The van der Waals surface area contributed by atoms with Crippen LogP contribution in [0.3, 0.4) is 0 Å². The Morgan fingerprint density at radius 2 is 1.85 bits per heavy atom. The van der Waals surface area contributed by atoms with Crippen molar-refractivity contribution in [1.29, 1.82) is 0 Å². The second kappa shape index (κ2) is 7.88. The van der Waals surface area contributed by atoms with Gasteiger partial charge in [-0.1, -0.05) is 11.6 Å². The van der Waals surface area contributed by atoms with Crippen molar-refractivity contribution in [3.63, 3.8) is 0 Å². The number of amides is 2. The Morgan fingerprint density at radius 1 is 1.08 bits per heavy atom. The van der Waals surface area contributed by atoms with E-state index in [1.54, 1.807) is 43.3 Å². The molecule has 1 aliphatic heterocycles. The zero-order chi connectivity index (χ0) is 18.5. The predicted molar refractivity (Wildman–Crippen MR) is 98.0 cm³/mol. The number of halogens is 1. The topological polar surface area (TPSA) is 89.0 Å². The minimum Gasteiger partial charge on any atom is -0.486 e. The first kappa shape index (κ1) is 17.8. The summed E-state index contributed by atoms with van der Waals surface area (Å²) in [5.74, 6) is -0.430. The molecule has 0 atom stereocenters. The molecule has 8 heteroatoms. The van der Waals surface area contributed by atoms with E-state index in [0.717, 1.165) is 5.56 Å². The van der Waals surface area contributed by atoms with Gasteiger partial charge in [0, 0.05) is 10.7 Å². The van der Waals surface area contributed by atoms with Crippen LogP contribution in [0.5, 0.6) is 11.5 Å². The van der Waals surface area contributed by atoms with E-state index in [-0.39, 0.29) is 0 Å². The van der Waals surface area contributed by atoms with Crippen molar-refractivity contribution in [2.75, 3.05) is 18.5 Å². The summed E-state index contributed by atoms with van der Waals surface area (Å²) < 4.78 is 10.9. The average Bonchev–Trinajstić information content (AvgIpc) is 2.63. The lowest BCUT2D eigenvalue weighted by Gasteiger charge is -2.18. The monoisotopic (exact) mass is 373 g/mol. The number of benzene rings is 2. The van der Waals surface area contributed by atoms with E-state index in [1.165, 1.54) is 6.21 Å². The summed E-state index contributed by atoms with van der Waals surface area (Å²) in [4.78, 5) is 23.8. The van der Waals surface area contributed by atoms with Gasteiger partial charge in [0.2, 0.25) is 0 Å². The van der Waals surface area contributed by atoms with Gasteiger partial charge in [-0.05, 0) is 54.4 Å². The van der Waals surface area contributed by atoms with E-state index in [4.69, 9.17) is 21.1 Å². The molecule has 3 rings (SSSR count). The molecule has 1 aliphatic rings. The summed E-state index contributed by atoms with van der Waals surface area (Å²) in [7, 11) is 0. The normalized spacial score (nSPS) is 12.7. The number of carbonyl (C=O) groups is 2. The molecule has 134 valence electrons. The fourth-order valence-corrected chi connectivity index (χ4v) is 2.53. The number of hydrogen-bond acceptors (Lipinski definition) is 5. The third kappa shape index (κ3) is 4.31. The lowest BCUT2D eigenvalue weighted by molar-refractivity contribution is -0.136. The van der Waals surface area contributed by atoms with Crippen LogP contribution in [0.4, 0.5) is 5.69 Å². The van der Waals surface area contributed by atoms with Gasteiger partial charge in [-0.25, -0.2) is 5.43 Å². The number of rotatable bonds is 3. The second-order valence-electron chi connectivity index (χ2n) is 5.52. The zero-order valence-corrected chi connectivity index (χ0v) is 14.7. The quantitative estimate of drug-likeness (QED) is 0.491. The summed E-state index contributed by atoms with van der Waals surface area (Å²) in [6.45, 7) is 2.77. The molecule has 0 aliphatic carbocycles. The van der Waals surface area contributed by atoms with Crippen LogP contribution in [-0.4, -0.2) is 31.2 Å². The van der Waals surface area contributed by atoms with Gasteiger partial charge in [0.1, 0.15) is 13.2 Å². The van der Waals surface area contributed by atoms with Crippen LogP contribution in [0.25, 0.3) is 0 Å². The van der Waals surface area contributed by atoms with E-state index in [0.29, 0.717) is 41.0 Å². The van der Waals surface area contributed by atoms with Gasteiger partial charge in [-0.3, -0.25) is 9.59 Å². The molecular weight excluding hydrogens is 358 g/mol. The molecule has 0 saturated heterocycles. The third-order valence-electron chi connectivity index (χ3n) is 3.59. The van der Waals surface area contributed by atoms with Crippen LogP contribution < -0.4 is 20.2 Å². The molecule has 2 aromatic carbocycles. The van der Waals surface area contributed by atoms with E-state index in [1.807, 2.05) is 0 Å². The van der Waals surface area contributed by atoms with Gasteiger partial charge in [-0.15, -0.1) is 0 Å². The molecule has 0 aromatic heterocycles. The fraction of sp³-hybridized carbons (Fsp3) is 0.167. The molecule has 7 nitrogen and oxygen atoms in total. The number of anilines is 1. The zero-order valence-electron chi connectivity index (χ0n) is 13.9. The van der Waals surface area contributed by atoms with Crippen LogP contribution in [-0.2, 0) is 9.59 Å². The van der Waals surface area contributed by atoms with Crippen molar-refractivity contribution in [3.8, 4) is 11.5 Å². The number of aryl methyl sites for hydroxylation is 1. The minimum absolute atomic E-state index is 0.481. The fourth-order valence-electron chi connectivity index (χ4n) is 2.30. The van der Waals surface area contributed by atoms with E-state index >= 15 is 0 Å². The molecule has 1 heterocycles. The van der Waals surface area contributed by atoms with E-state index in [2.05, 4.69) is 15.8 Å². The summed E-state index contributed by atoms with van der Waals surface area (Å²) in [6, 6.07) is 10.2. The van der Waals surface area contributed by atoms with Crippen LogP contribution >= 0.6 is 11.6 Å². The molecule has 0 bridgehead atoms. The Bertz CT molecular complexity index is 883. The number of carbonyl (C=O) groups excluding carboxylic acids is 2. The SMILES string of the molecule is Cc1cc(Cl)ccc1NC(=O)C(=O)N/N=C\c1ccc2c(c1)OCCO2. The summed E-state index contributed by atoms with van der Waals surface area (Å²) in [5.41, 5.74) is 4.13. The second-order valence-corrected chi connectivity index (χ2v) is 5.95.